The predicted molar refractivity (Wildman–Crippen MR) is 62.7 cm³/mol. The van der Waals surface area contributed by atoms with E-state index in [4.69, 9.17) is 4.74 Å². The smallest absolute Gasteiger partial charge is 0.337 e. The molecular formula is C11H13NO5S. The highest BCUT2D eigenvalue weighted by atomic mass is 32.2. The first kappa shape index (κ1) is 13.0. The van der Waals surface area contributed by atoms with Gasteiger partial charge in [-0.3, -0.25) is 0 Å². The number of esters is 1. The van der Waals surface area contributed by atoms with E-state index in [0.717, 1.165) is 0 Å². The van der Waals surface area contributed by atoms with E-state index in [1.54, 1.807) is 0 Å². The van der Waals surface area contributed by atoms with Crippen LogP contribution in [0, 0.1) is 0 Å². The van der Waals surface area contributed by atoms with Gasteiger partial charge in [0.25, 0.3) is 0 Å². The zero-order valence-electron chi connectivity index (χ0n) is 9.75. The van der Waals surface area contributed by atoms with Gasteiger partial charge in [-0.1, -0.05) is 6.07 Å². The highest BCUT2D eigenvalue weighted by Gasteiger charge is 2.25. The molecule has 6 nitrogen and oxygen atoms in total. The van der Waals surface area contributed by atoms with Gasteiger partial charge in [0.15, 0.2) is 0 Å². The Balaban J connectivity index is 2.17. The number of benzene rings is 1. The second-order valence-electron chi connectivity index (χ2n) is 3.83. The van der Waals surface area contributed by atoms with Crippen LogP contribution in [0.3, 0.4) is 0 Å². The van der Waals surface area contributed by atoms with Crippen molar-refractivity contribution in [1.29, 1.82) is 0 Å². The maximum Gasteiger partial charge on any atom is 0.337 e. The number of epoxide rings is 1. The van der Waals surface area contributed by atoms with E-state index in [-0.39, 0.29) is 23.1 Å². The average molecular weight is 271 g/mol. The molecule has 1 aromatic carbocycles. The lowest BCUT2D eigenvalue weighted by molar-refractivity contribution is 0.0600. The monoisotopic (exact) mass is 271 g/mol. The minimum absolute atomic E-state index is 0.0334. The Morgan fingerprint density at radius 2 is 2.28 bits per heavy atom. The van der Waals surface area contributed by atoms with E-state index in [0.29, 0.717) is 6.61 Å². The lowest BCUT2D eigenvalue weighted by Crippen LogP contribution is -2.27. The Hall–Kier alpha value is -1.44. The third-order valence-corrected chi connectivity index (χ3v) is 3.89. The Morgan fingerprint density at radius 1 is 1.56 bits per heavy atom. The number of sulfonamides is 1. The van der Waals surface area contributed by atoms with Crippen LogP contribution < -0.4 is 4.72 Å². The standard InChI is InChI=1S/C11H13NO5S/c1-16-11(13)8-3-2-4-10(5-8)18(14,15)12-6-9-7-17-9/h2-5,9,12H,6-7H2,1H3. The number of nitrogens with one attached hydrogen (secondary N) is 1. The molecule has 1 aliphatic heterocycles. The lowest BCUT2D eigenvalue weighted by Gasteiger charge is -2.06. The summed E-state index contributed by atoms with van der Waals surface area (Å²) in [6.45, 7) is 0.815. The Labute approximate surface area is 105 Å². The molecule has 0 bridgehead atoms. The van der Waals surface area contributed by atoms with E-state index < -0.39 is 16.0 Å². The summed E-state index contributed by atoms with van der Waals surface area (Å²) in [4.78, 5) is 11.3. The topological polar surface area (TPSA) is 85.0 Å². The molecule has 2 rings (SSSR count). The van der Waals surface area contributed by atoms with E-state index >= 15 is 0 Å². The number of hydrogen-bond donors (Lipinski definition) is 1. The van der Waals surface area contributed by atoms with E-state index in [9.17, 15) is 13.2 Å². The van der Waals surface area contributed by atoms with Gasteiger partial charge in [0.05, 0.1) is 30.3 Å². The van der Waals surface area contributed by atoms with Crippen molar-refractivity contribution in [3.8, 4) is 0 Å². The first-order valence-corrected chi connectivity index (χ1v) is 6.81. The van der Waals surface area contributed by atoms with Crippen molar-refractivity contribution in [1.82, 2.24) is 4.72 Å². The molecule has 98 valence electrons. The molecule has 1 aliphatic rings. The zero-order chi connectivity index (χ0) is 13.2. The quantitative estimate of drug-likeness (QED) is 0.608. The summed E-state index contributed by atoms with van der Waals surface area (Å²) in [5, 5.41) is 0. The Morgan fingerprint density at radius 3 is 2.89 bits per heavy atom. The van der Waals surface area contributed by atoms with Crippen LogP contribution in [0.4, 0.5) is 0 Å². The van der Waals surface area contributed by atoms with Gasteiger partial charge < -0.3 is 9.47 Å². The maximum absolute atomic E-state index is 11.9. The van der Waals surface area contributed by atoms with E-state index in [1.807, 2.05) is 0 Å². The first-order valence-electron chi connectivity index (χ1n) is 5.32. The number of carbonyl (C=O) groups is 1. The van der Waals surface area contributed by atoms with Gasteiger partial charge in [-0.25, -0.2) is 17.9 Å². The van der Waals surface area contributed by atoms with Crippen LogP contribution in [-0.4, -0.2) is 40.8 Å². The molecular weight excluding hydrogens is 258 g/mol. The summed E-state index contributed by atoms with van der Waals surface area (Å²) in [7, 11) is -2.38. The molecule has 0 amide bonds. The van der Waals surface area contributed by atoms with E-state index in [2.05, 4.69) is 9.46 Å². The number of hydrogen-bond acceptors (Lipinski definition) is 5. The molecule has 0 saturated carbocycles. The van der Waals surface area contributed by atoms with E-state index in [1.165, 1.54) is 31.4 Å². The molecule has 1 heterocycles. The Kier molecular flexibility index (Phi) is 3.65. The highest BCUT2D eigenvalue weighted by Crippen LogP contribution is 2.14. The number of carbonyl (C=O) groups excluding carboxylic acids is 1. The summed E-state index contributed by atoms with van der Waals surface area (Å²) in [5.41, 5.74) is 0.197. The molecule has 1 fully saturated rings. The van der Waals surface area contributed by atoms with Crippen molar-refractivity contribution in [2.75, 3.05) is 20.3 Å². The summed E-state index contributed by atoms with van der Waals surface area (Å²) in [6.07, 6.45) is -0.0384. The summed E-state index contributed by atoms with van der Waals surface area (Å²) >= 11 is 0. The van der Waals surface area contributed by atoms with Crippen molar-refractivity contribution in [2.45, 2.75) is 11.0 Å². The minimum Gasteiger partial charge on any atom is -0.465 e. The Bertz CT molecular complexity index is 550. The van der Waals surface area contributed by atoms with Gasteiger partial charge in [0.2, 0.25) is 10.0 Å². The molecule has 0 radical (unpaired) electrons. The fourth-order valence-electron chi connectivity index (χ4n) is 1.38. The van der Waals surface area contributed by atoms with Gasteiger partial charge in [0.1, 0.15) is 0 Å². The van der Waals surface area contributed by atoms with Crippen LogP contribution in [0.1, 0.15) is 10.4 Å². The van der Waals surface area contributed by atoms with Gasteiger partial charge in [-0.05, 0) is 18.2 Å². The molecule has 0 aromatic heterocycles. The van der Waals surface area contributed by atoms with Gasteiger partial charge >= 0.3 is 5.97 Å². The van der Waals surface area contributed by atoms with Crippen molar-refractivity contribution >= 4 is 16.0 Å². The van der Waals surface area contributed by atoms with Gasteiger partial charge in [-0.15, -0.1) is 0 Å². The number of rotatable bonds is 5. The van der Waals surface area contributed by atoms with Crippen molar-refractivity contribution in [3.63, 3.8) is 0 Å². The fourth-order valence-corrected chi connectivity index (χ4v) is 2.49. The van der Waals surface area contributed by atoms with Crippen molar-refractivity contribution in [3.05, 3.63) is 29.8 Å². The molecule has 1 N–H and O–H groups in total. The molecule has 1 unspecified atom stereocenters. The minimum atomic E-state index is -3.62. The number of ether oxygens (including phenoxy) is 2. The third-order valence-electron chi connectivity index (χ3n) is 2.47. The van der Waals surface area contributed by atoms with Crippen LogP contribution in [0.2, 0.25) is 0 Å². The second-order valence-corrected chi connectivity index (χ2v) is 5.59. The summed E-state index contributed by atoms with van der Waals surface area (Å²) in [6, 6.07) is 5.69. The average Bonchev–Trinajstić information content (AvgIpc) is 3.20. The second kappa shape index (κ2) is 5.05. The normalized spacial score (nSPS) is 18.4. The summed E-state index contributed by atoms with van der Waals surface area (Å²) < 4.78 is 35.7. The van der Waals surface area contributed by atoms with Crippen molar-refractivity contribution in [2.24, 2.45) is 0 Å². The maximum atomic E-state index is 11.9. The first-order chi connectivity index (χ1) is 8.53. The van der Waals surface area contributed by atoms with Crippen LogP contribution in [0.25, 0.3) is 0 Å². The lowest BCUT2D eigenvalue weighted by atomic mass is 10.2. The zero-order valence-corrected chi connectivity index (χ0v) is 10.6. The largest absolute Gasteiger partial charge is 0.465 e. The van der Waals surface area contributed by atoms with Crippen LogP contribution in [0.15, 0.2) is 29.2 Å². The molecule has 0 spiro atoms. The molecule has 1 saturated heterocycles. The molecule has 18 heavy (non-hydrogen) atoms. The fraction of sp³-hybridized carbons (Fsp3) is 0.364. The number of methoxy groups -OCH3 is 1. The van der Waals surface area contributed by atoms with Crippen LogP contribution in [0.5, 0.6) is 0 Å². The summed E-state index contributed by atoms with van der Waals surface area (Å²) in [5.74, 6) is -0.572. The molecule has 1 atom stereocenters. The predicted octanol–water partition coefficient (Wildman–Crippen LogP) is 0.150. The van der Waals surface area contributed by atoms with Gasteiger partial charge in [-0.2, -0.15) is 0 Å². The van der Waals surface area contributed by atoms with Crippen LogP contribution in [-0.2, 0) is 19.5 Å². The van der Waals surface area contributed by atoms with Crippen LogP contribution >= 0.6 is 0 Å². The highest BCUT2D eigenvalue weighted by molar-refractivity contribution is 7.89. The third kappa shape index (κ3) is 3.06. The SMILES string of the molecule is COC(=O)c1cccc(S(=O)(=O)NCC2CO2)c1. The molecule has 0 aliphatic carbocycles. The van der Waals surface area contributed by atoms with Gasteiger partial charge in [0, 0.05) is 6.54 Å². The van der Waals surface area contributed by atoms with Crippen molar-refractivity contribution < 1.29 is 22.7 Å². The molecule has 1 aromatic rings. The molecule has 7 heteroatoms.